The van der Waals surface area contributed by atoms with Crippen molar-refractivity contribution in [2.24, 2.45) is 0 Å². The lowest BCUT2D eigenvalue weighted by Crippen LogP contribution is -2.13. The van der Waals surface area contributed by atoms with Crippen LogP contribution >= 0.6 is 0 Å². The Morgan fingerprint density at radius 3 is 2.50 bits per heavy atom. The summed E-state index contributed by atoms with van der Waals surface area (Å²) in [6.45, 7) is 6.04. The second-order valence-corrected chi connectivity index (χ2v) is 3.43. The Balaban J connectivity index is 2.88. The zero-order chi connectivity index (χ0) is 10.7. The Labute approximate surface area is 83.8 Å². The minimum Gasteiger partial charge on any atom is -0.480 e. The van der Waals surface area contributed by atoms with Crippen molar-refractivity contribution in [3.63, 3.8) is 0 Å². The summed E-state index contributed by atoms with van der Waals surface area (Å²) in [4.78, 5) is 10.4. The molecule has 0 fully saturated rings. The summed E-state index contributed by atoms with van der Waals surface area (Å²) in [7, 11) is 0. The molecule has 0 aromatic heterocycles. The lowest BCUT2D eigenvalue weighted by Gasteiger charge is -2.11. The van der Waals surface area contributed by atoms with E-state index < -0.39 is 5.97 Å². The van der Waals surface area contributed by atoms with Crippen LogP contribution in [0.5, 0.6) is 0 Å². The predicted octanol–water partition coefficient (Wildman–Crippen LogP) is 2.11. The monoisotopic (exact) mass is 193 g/mol. The Morgan fingerprint density at radius 1 is 1.29 bits per heavy atom. The largest absolute Gasteiger partial charge is 0.480 e. The average molecular weight is 193 g/mol. The maximum absolute atomic E-state index is 10.4. The Morgan fingerprint density at radius 2 is 1.93 bits per heavy atom. The van der Waals surface area contributed by atoms with E-state index in [0.29, 0.717) is 0 Å². The zero-order valence-electron chi connectivity index (χ0n) is 8.72. The first-order chi connectivity index (χ1) is 6.52. The summed E-state index contributed by atoms with van der Waals surface area (Å²) in [6, 6.07) is 3.91. The van der Waals surface area contributed by atoms with Crippen LogP contribution in [0.1, 0.15) is 16.7 Å². The normalized spacial score (nSPS) is 9.93. The van der Waals surface area contributed by atoms with Crippen molar-refractivity contribution in [1.29, 1.82) is 0 Å². The molecule has 1 aromatic rings. The van der Waals surface area contributed by atoms with E-state index in [1.807, 2.05) is 32.9 Å². The van der Waals surface area contributed by atoms with E-state index in [1.165, 1.54) is 11.1 Å². The van der Waals surface area contributed by atoms with Crippen molar-refractivity contribution >= 4 is 11.7 Å². The van der Waals surface area contributed by atoms with Crippen LogP contribution in [0.15, 0.2) is 12.1 Å². The van der Waals surface area contributed by atoms with Crippen molar-refractivity contribution in [1.82, 2.24) is 0 Å². The van der Waals surface area contributed by atoms with Crippen LogP contribution < -0.4 is 5.32 Å². The number of hydrogen-bond acceptors (Lipinski definition) is 2. The van der Waals surface area contributed by atoms with Crippen molar-refractivity contribution < 1.29 is 9.90 Å². The molecule has 0 aliphatic carbocycles. The summed E-state index contributed by atoms with van der Waals surface area (Å²) in [5, 5.41) is 11.4. The molecule has 3 heteroatoms. The lowest BCUT2D eigenvalue weighted by atomic mass is 10.0. The molecule has 0 aliphatic rings. The van der Waals surface area contributed by atoms with Crippen LogP contribution in [-0.4, -0.2) is 17.6 Å². The van der Waals surface area contributed by atoms with Crippen LogP contribution in [0, 0.1) is 20.8 Å². The van der Waals surface area contributed by atoms with E-state index in [1.54, 1.807) is 0 Å². The number of aliphatic carboxylic acids is 1. The first-order valence-corrected chi connectivity index (χ1v) is 4.55. The summed E-state index contributed by atoms with van der Waals surface area (Å²) in [6.07, 6.45) is 0. The van der Waals surface area contributed by atoms with Gasteiger partial charge in [-0.15, -0.1) is 0 Å². The van der Waals surface area contributed by atoms with E-state index in [0.717, 1.165) is 11.3 Å². The summed E-state index contributed by atoms with van der Waals surface area (Å²) >= 11 is 0. The molecule has 0 saturated carbocycles. The van der Waals surface area contributed by atoms with Crippen LogP contribution in [0.4, 0.5) is 5.69 Å². The van der Waals surface area contributed by atoms with Gasteiger partial charge in [-0.05, 0) is 43.5 Å². The van der Waals surface area contributed by atoms with Gasteiger partial charge < -0.3 is 10.4 Å². The van der Waals surface area contributed by atoms with Gasteiger partial charge in [0.1, 0.15) is 6.54 Å². The van der Waals surface area contributed by atoms with Gasteiger partial charge in [0.2, 0.25) is 0 Å². The third-order valence-electron chi connectivity index (χ3n) is 2.49. The molecule has 0 heterocycles. The number of rotatable bonds is 3. The second kappa shape index (κ2) is 4.13. The van der Waals surface area contributed by atoms with Crippen LogP contribution in [0.2, 0.25) is 0 Å². The molecular formula is C11H15NO2. The van der Waals surface area contributed by atoms with Gasteiger partial charge in [-0.3, -0.25) is 4.79 Å². The number of aryl methyl sites for hydroxylation is 1. The molecule has 0 amide bonds. The molecule has 0 aliphatic heterocycles. The van der Waals surface area contributed by atoms with Gasteiger partial charge in [0.25, 0.3) is 0 Å². The topological polar surface area (TPSA) is 49.3 Å². The number of carboxylic acids is 1. The van der Waals surface area contributed by atoms with Crippen LogP contribution in [-0.2, 0) is 4.79 Å². The quantitative estimate of drug-likeness (QED) is 0.773. The first-order valence-electron chi connectivity index (χ1n) is 4.55. The van der Waals surface area contributed by atoms with Crippen LogP contribution in [0.3, 0.4) is 0 Å². The Kier molecular flexibility index (Phi) is 3.12. The van der Waals surface area contributed by atoms with E-state index in [4.69, 9.17) is 5.11 Å². The van der Waals surface area contributed by atoms with Gasteiger partial charge in [0, 0.05) is 5.69 Å². The maximum Gasteiger partial charge on any atom is 0.322 e. The summed E-state index contributed by atoms with van der Waals surface area (Å²) in [5.41, 5.74) is 4.45. The maximum atomic E-state index is 10.4. The summed E-state index contributed by atoms with van der Waals surface area (Å²) in [5.74, 6) is -0.845. The number of carboxylic acid groups (broad SMARTS) is 1. The van der Waals surface area contributed by atoms with Gasteiger partial charge in [0.05, 0.1) is 0 Å². The molecule has 0 unspecified atom stereocenters. The minimum absolute atomic E-state index is 0.0384. The molecule has 76 valence electrons. The Bertz CT molecular complexity index is 359. The molecule has 0 atom stereocenters. The zero-order valence-corrected chi connectivity index (χ0v) is 8.72. The highest BCUT2D eigenvalue weighted by molar-refractivity contribution is 5.73. The molecular weight excluding hydrogens is 178 g/mol. The van der Waals surface area contributed by atoms with Gasteiger partial charge in [-0.1, -0.05) is 6.07 Å². The number of hydrogen-bond donors (Lipinski definition) is 2. The average Bonchev–Trinajstić information content (AvgIpc) is 2.13. The SMILES string of the molecule is Cc1ccc(NCC(=O)O)c(C)c1C. The third-order valence-corrected chi connectivity index (χ3v) is 2.49. The smallest absolute Gasteiger partial charge is 0.322 e. The Hall–Kier alpha value is -1.51. The fourth-order valence-corrected chi connectivity index (χ4v) is 1.32. The van der Waals surface area contributed by atoms with Gasteiger partial charge >= 0.3 is 5.97 Å². The highest BCUT2D eigenvalue weighted by Gasteiger charge is 2.04. The number of benzene rings is 1. The third kappa shape index (κ3) is 2.25. The highest BCUT2D eigenvalue weighted by atomic mass is 16.4. The number of nitrogens with one attached hydrogen (secondary N) is 1. The van der Waals surface area contributed by atoms with E-state index in [9.17, 15) is 4.79 Å². The molecule has 0 spiro atoms. The fraction of sp³-hybridized carbons (Fsp3) is 0.364. The van der Waals surface area contributed by atoms with Crippen molar-refractivity contribution in [2.45, 2.75) is 20.8 Å². The van der Waals surface area contributed by atoms with Crippen molar-refractivity contribution in [3.05, 3.63) is 28.8 Å². The van der Waals surface area contributed by atoms with E-state index in [-0.39, 0.29) is 6.54 Å². The minimum atomic E-state index is -0.845. The van der Waals surface area contributed by atoms with Crippen molar-refractivity contribution in [3.8, 4) is 0 Å². The van der Waals surface area contributed by atoms with Gasteiger partial charge in [-0.25, -0.2) is 0 Å². The molecule has 14 heavy (non-hydrogen) atoms. The molecule has 0 bridgehead atoms. The molecule has 0 saturated heterocycles. The second-order valence-electron chi connectivity index (χ2n) is 3.43. The fourth-order valence-electron chi connectivity index (χ4n) is 1.32. The first kappa shape index (κ1) is 10.6. The molecule has 1 rings (SSSR count). The lowest BCUT2D eigenvalue weighted by molar-refractivity contribution is -0.134. The number of anilines is 1. The molecule has 0 radical (unpaired) electrons. The molecule has 2 N–H and O–H groups in total. The highest BCUT2D eigenvalue weighted by Crippen LogP contribution is 2.21. The number of carbonyl (C=O) groups is 1. The molecule has 1 aromatic carbocycles. The van der Waals surface area contributed by atoms with Crippen molar-refractivity contribution in [2.75, 3.05) is 11.9 Å². The standard InChI is InChI=1S/C11H15NO2/c1-7-4-5-10(9(3)8(7)2)12-6-11(13)14/h4-5,12H,6H2,1-3H3,(H,13,14). The van der Waals surface area contributed by atoms with Crippen LogP contribution in [0.25, 0.3) is 0 Å². The van der Waals surface area contributed by atoms with Gasteiger partial charge in [-0.2, -0.15) is 0 Å². The summed E-state index contributed by atoms with van der Waals surface area (Å²) < 4.78 is 0. The van der Waals surface area contributed by atoms with Gasteiger partial charge in [0.15, 0.2) is 0 Å². The predicted molar refractivity (Wildman–Crippen MR) is 56.8 cm³/mol. The molecule has 3 nitrogen and oxygen atoms in total. The van der Waals surface area contributed by atoms with E-state index >= 15 is 0 Å². The van der Waals surface area contributed by atoms with E-state index in [2.05, 4.69) is 5.32 Å².